The Balaban J connectivity index is 1.84. The van der Waals surface area contributed by atoms with Crippen LogP contribution in [0.4, 0.5) is 5.69 Å². The highest BCUT2D eigenvalue weighted by molar-refractivity contribution is 6.31. The lowest BCUT2D eigenvalue weighted by atomic mass is 9.70. The van der Waals surface area contributed by atoms with Crippen LogP contribution in [0.25, 0.3) is 0 Å². The average Bonchev–Trinajstić information content (AvgIpc) is 2.85. The number of benzene rings is 1. The third-order valence-electron chi connectivity index (χ3n) is 6.21. The summed E-state index contributed by atoms with van der Waals surface area (Å²) in [4.78, 5) is 22.8. The van der Waals surface area contributed by atoms with E-state index in [1.807, 2.05) is 0 Å². The number of nitro groups is 1. The Morgan fingerprint density at radius 1 is 1.42 bits per heavy atom. The van der Waals surface area contributed by atoms with Crippen molar-refractivity contribution in [3.8, 4) is 0 Å². The molecule has 128 valence electrons. The van der Waals surface area contributed by atoms with Gasteiger partial charge in [0.2, 0.25) is 0 Å². The zero-order valence-electron chi connectivity index (χ0n) is 13.9. The van der Waals surface area contributed by atoms with Crippen LogP contribution < -0.4 is 5.43 Å². The van der Waals surface area contributed by atoms with Crippen LogP contribution in [0, 0.1) is 26.9 Å². The van der Waals surface area contributed by atoms with Crippen molar-refractivity contribution < 1.29 is 9.72 Å². The molecule has 0 aromatic heterocycles. The molecule has 0 spiro atoms. The molecule has 0 heterocycles. The Labute approximate surface area is 145 Å². The second-order valence-electron chi connectivity index (χ2n) is 7.41. The first-order chi connectivity index (χ1) is 11.2. The Hall–Kier alpha value is -1.95. The molecule has 0 saturated heterocycles. The molecule has 1 N–H and O–H groups in total. The molecule has 1 aromatic rings. The standard InChI is InChI=1S/C17H20ClN3O3/c1-16(2)10-6-7-17(16,3)14(8-10)19-20-15(22)12-5-4-11(18)9-13(12)21(23)24/h4-5,9-10H,6-8H2,1-3H3,(H,20,22)/b19-14+/t10-,17-/m1/s1. The molecule has 6 nitrogen and oxygen atoms in total. The smallest absolute Gasteiger partial charge is 0.267 e. The minimum absolute atomic E-state index is 0.0309. The molecule has 0 aliphatic heterocycles. The summed E-state index contributed by atoms with van der Waals surface area (Å²) in [6.45, 7) is 6.69. The number of carbonyl (C=O) groups is 1. The first-order valence-electron chi connectivity index (χ1n) is 7.98. The van der Waals surface area contributed by atoms with Gasteiger partial charge in [-0.3, -0.25) is 14.9 Å². The van der Waals surface area contributed by atoms with Crippen LogP contribution in [0.1, 0.15) is 50.4 Å². The molecule has 7 heteroatoms. The summed E-state index contributed by atoms with van der Waals surface area (Å²) in [5.41, 5.74) is 3.25. The minimum Gasteiger partial charge on any atom is -0.267 e. The fourth-order valence-electron chi connectivity index (χ4n) is 4.12. The Bertz CT molecular complexity index is 759. The van der Waals surface area contributed by atoms with E-state index in [4.69, 9.17) is 11.6 Å². The van der Waals surface area contributed by atoms with Crippen LogP contribution in [-0.2, 0) is 0 Å². The van der Waals surface area contributed by atoms with Gasteiger partial charge in [-0.1, -0.05) is 32.4 Å². The predicted molar refractivity (Wildman–Crippen MR) is 92.2 cm³/mol. The van der Waals surface area contributed by atoms with E-state index in [0.717, 1.165) is 18.6 Å². The van der Waals surface area contributed by atoms with Crippen molar-refractivity contribution >= 4 is 28.9 Å². The second-order valence-corrected chi connectivity index (χ2v) is 7.85. The third kappa shape index (κ3) is 2.40. The van der Waals surface area contributed by atoms with Crippen LogP contribution >= 0.6 is 11.6 Å². The van der Waals surface area contributed by atoms with Gasteiger partial charge < -0.3 is 0 Å². The quantitative estimate of drug-likeness (QED) is 0.656. The first-order valence-corrected chi connectivity index (χ1v) is 8.36. The maximum atomic E-state index is 12.3. The van der Waals surface area contributed by atoms with Crippen LogP contribution in [-0.4, -0.2) is 16.5 Å². The third-order valence-corrected chi connectivity index (χ3v) is 6.44. The Kier molecular flexibility index (Phi) is 3.91. The topological polar surface area (TPSA) is 84.6 Å². The minimum atomic E-state index is -0.615. The van der Waals surface area contributed by atoms with Crippen LogP contribution in [0.3, 0.4) is 0 Å². The fourth-order valence-corrected chi connectivity index (χ4v) is 4.29. The number of rotatable bonds is 3. The SMILES string of the molecule is CC1(C)[C@@H]2CC[C@]1(C)/C(=N/NC(=O)c1ccc(Cl)cc1[N+](=O)[O-])C2. The van der Waals surface area contributed by atoms with E-state index in [1.165, 1.54) is 24.6 Å². The van der Waals surface area contributed by atoms with Crippen LogP contribution in [0.15, 0.2) is 23.3 Å². The van der Waals surface area contributed by atoms with Gasteiger partial charge in [-0.15, -0.1) is 0 Å². The molecule has 2 saturated carbocycles. The molecule has 1 aromatic carbocycles. The second kappa shape index (κ2) is 5.55. The molecule has 2 bridgehead atoms. The number of hydrogen-bond acceptors (Lipinski definition) is 4. The lowest BCUT2D eigenvalue weighted by Crippen LogP contribution is -2.34. The highest BCUT2D eigenvalue weighted by Crippen LogP contribution is 2.63. The predicted octanol–water partition coefficient (Wildman–Crippen LogP) is 4.18. The van der Waals surface area contributed by atoms with Crippen molar-refractivity contribution in [2.24, 2.45) is 21.8 Å². The van der Waals surface area contributed by atoms with Gasteiger partial charge in [-0.05, 0) is 42.7 Å². The van der Waals surface area contributed by atoms with Crippen molar-refractivity contribution in [2.45, 2.75) is 40.0 Å². The van der Waals surface area contributed by atoms with E-state index in [9.17, 15) is 14.9 Å². The largest absolute Gasteiger partial charge is 0.283 e. The number of amides is 1. The normalized spacial score (nSPS) is 29.0. The van der Waals surface area contributed by atoms with E-state index in [0.29, 0.717) is 5.92 Å². The molecule has 2 fully saturated rings. The number of hydrogen-bond donors (Lipinski definition) is 1. The van der Waals surface area contributed by atoms with Gasteiger partial charge >= 0.3 is 0 Å². The van der Waals surface area contributed by atoms with Gasteiger partial charge in [-0.2, -0.15) is 5.10 Å². The van der Waals surface area contributed by atoms with Crippen molar-refractivity contribution in [2.75, 3.05) is 0 Å². The molecule has 3 rings (SSSR count). The zero-order valence-corrected chi connectivity index (χ0v) is 14.7. The van der Waals surface area contributed by atoms with Crippen molar-refractivity contribution in [3.05, 3.63) is 38.9 Å². The number of nitrogens with zero attached hydrogens (tertiary/aromatic N) is 2. The van der Waals surface area contributed by atoms with E-state index in [1.54, 1.807) is 0 Å². The number of halogens is 1. The van der Waals surface area contributed by atoms with Crippen LogP contribution in [0.2, 0.25) is 5.02 Å². The van der Waals surface area contributed by atoms with Crippen molar-refractivity contribution in [1.82, 2.24) is 5.43 Å². The summed E-state index contributed by atoms with van der Waals surface area (Å²) < 4.78 is 0. The lowest BCUT2D eigenvalue weighted by molar-refractivity contribution is -0.385. The lowest BCUT2D eigenvalue weighted by Gasteiger charge is -2.34. The summed E-state index contributed by atoms with van der Waals surface area (Å²) in [6, 6.07) is 3.98. The first kappa shape index (κ1) is 16.9. The number of nitro benzene ring substituents is 1. The monoisotopic (exact) mass is 349 g/mol. The number of nitrogens with one attached hydrogen (secondary N) is 1. The highest BCUT2D eigenvalue weighted by atomic mass is 35.5. The average molecular weight is 350 g/mol. The van der Waals surface area contributed by atoms with E-state index >= 15 is 0 Å². The fraction of sp³-hybridized carbons (Fsp3) is 0.529. The van der Waals surface area contributed by atoms with E-state index in [2.05, 4.69) is 31.3 Å². The summed E-state index contributed by atoms with van der Waals surface area (Å²) in [5.74, 6) is -0.0157. The summed E-state index contributed by atoms with van der Waals surface area (Å²) in [5, 5.41) is 15.7. The van der Waals surface area contributed by atoms with Gasteiger partial charge in [-0.25, -0.2) is 5.43 Å². The zero-order chi connectivity index (χ0) is 17.7. The summed E-state index contributed by atoms with van der Waals surface area (Å²) in [7, 11) is 0. The maximum absolute atomic E-state index is 12.3. The van der Waals surface area contributed by atoms with Crippen LogP contribution in [0.5, 0.6) is 0 Å². The van der Waals surface area contributed by atoms with Crippen molar-refractivity contribution in [1.29, 1.82) is 0 Å². The maximum Gasteiger partial charge on any atom is 0.283 e. The summed E-state index contributed by atoms with van der Waals surface area (Å²) in [6.07, 6.45) is 3.10. The van der Waals surface area contributed by atoms with Crippen molar-refractivity contribution in [3.63, 3.8) is 0 Å². The number of hydrazone groups is 1. The molecule has 2 aliphatic carbocycles. The Morgan fingerprint density at radius 2 is 2.12 bits per heavy atom. The molecular formula is C17H20ClN3O3. The van der Waals surface area contributed by atoms with Gasteiger partial charge in [0, 0.05) is 22.2 Å². The molecule has 2 aliphatic rings. The molecule has 2 atom stereocenters. The molecule has 24 heavy (non-hydrogen) atoms. The molecule has 0 radical (unpaired) electrons. The van der Waals surface area contributed by atoms with E-state index < -0.39 is 10.8 Å². The van der Waals surface area contributed by atoms with E-state index in [-0.39, 0.29) is 27.1 Å². The van der Waals surface area contributed by atoms with Gasteiger partial charge in [0.1, 0.15) is 5.56 Å². The van der Waals surface area contributed by atoms with Gasteiger partial charge in [0.25, 0.3) is 11.6 Å². The molecule has 1 amide bonds. The number of fused-ring (bicyclic) bond motifs is 2. The highest BCUT2D eigenvalue weighted by Gasteiger charge is 2.60. The van der Waals surface area contributed by atoms with Gasteiger partial charge in [0.05, 0.1) is 4.92 Å². The number of carbonyl (C=O) groups excluding carboxylic acids is 1. The molecule has 0 unspecified atom stereocenters. The Morgan fingerprint density at radius 3 is 2.67 bits per heavy atom. The van der Waals surface area contributed by atoms with Gasteiger partial charge in [0.15, 0.2) is 0 Å². The molecular weight excluding hydrogens is 330 g/mol. The summed E-state index contributed by atoms with van der Waals surface area (Å²) >= 11 is 5.77.